The van der Waals surface area contributed by atoms with E-state index in [0.29, 0.717) is 17.1 Å². The van der Waals surface area contributed by atoms with Gasteiger partial charge < -0.3 is 10.6 Å². The molecule has 2 aromatic heterocycles. The zero-order valence-electron chi connectivity index (χ0n) is 11.1. The first-order valence-electron chi connectivity index (χ1n) is 6.17. The van der Waals surface area contributed by atoms with Gasteiger partial charge in [0.05, 0.1) is 27.8 Å². The Balaban J connectivity index is 2.22. The van der Waals surface area contributed by atoms with Crippen LogP contribution in [0.3, 0.4) is 0 Å². The summed E-state index contributed by atoms with van der Waals surface area (Å²) in [5, 5.41) is 1.01. The maximum Gasteiger partial charge on any atom is 0.171 e. The van der Waals surface area contributed by atoms with E-state index >= 15 is 0 Å². The number of thiophene rings is 1. The standard InChI is InChI=1S/C14H17N3OS/c1-3-17(9-11-6-4-5-7-16-11)13-8-12(15)14(19-13)10(2)18/h4-8H,3,9,15H2,1-2H3. The molecule has 5 heteroatoms. The summed E-state index contributed by atoms with van der Waals surface area (Å²) < 4.78 is 0. The zero-order chi connectivity index (χ0) is 13.8. The lowest BCUT2D eigenvalue weighted by Crippen LogP contribution is -2.21. The fourth-order valence-electron chi connectivity index (χ4n) is 1.86. The largest absolute Gasteiger partial charge is 0.397 e. The Kier molecular flexibility index (Phi) is 4.16. The first kappa shape index (κ1) is 13.5. The van der Waals surface area contributed by atoms with Crippen molar-refractivity contribution < 1.29 is 4.79 Å². The molecule has 0 bridgehead atoms. The SMILES string of the molecule is CCN(Cc1ccccn1)c1cc(N)c(C(C)=O)s1. The summed E-state index contributed by atoms with van der Waals surface area (Å²) >= 11 is 1.44. The number of nitrogen functional groups attached to an aromatic ring is 1. The maximum atomic E-state index is 11.4. The normalized spacial score (nSPS) is 10.4. The summed E-state index contributed by atoms with van der Waals surface area (Å²) in [6.07, 6.45) is 1.78. The number of anilines is 2. The Morgan fingerprint density at radius 1 is 1.47 bits per heavy atom. The Morgan fingerprint density at radius 3 is 2.79 bits per heavy atom. The van der Waals surface area contributed by atoms with Gasteiger partial charge in [-0.1, -0.05) is 6.07 Å². The Labute approximate surface area is 116 Å². The molecule has 0 unspecified atom stereocenters. The van der Waals surface area contributed by atoms with Crippen LogP contribution in [-0.2, 0) is 6.54 Å². The third kappa shape index (κ3) is 3.12. The lowest BCUT2D eigenvalue weighted by atomic mass is 10.3. The van der Waals surface area contributed by atoms with Crippen LogP contribution in [0.4, 0.5) is 10.7 Å². The molecule has 0 saturated heterocycles. The summed E-state index contributed by atoms with van der Waals surface area (Å²) in [6.45, 7) is 5.18. The van der Waals surface area contributed by atoms with Gasteiger partial charge in [-0.25, -0.2) is 0 Å². The van der Waals surface area contributed by atoms with Crippen molar-refractivity contribution >= 4 is 27.8 Å². The second kappa shape index (κ2) is 5.84. The Bertz CT molecular complexity index is 565. The van der Waals surface area contributed by atoms with Crippen molar-refractivity contribution in [1.82, 2.24) is 4.98 Å². The summed E-state index contributed by atoms with van der Waals surface area (Å²) in [6, 6.07) is 7.73. The molecule has 0 atom stereocenters. The van der Waals surface area contributed by atoms with Gasteiger partial charge >= 0.3 is 0 Å². The number of Topliss-reactive ketones (excluding diaryl/α,β-unsaturated/α-hetero) is 1. The number of carbonyl (C=O) groups excluding carboxylic acids is 1. The molecule has 0 fully saturated rings. The van der Waals surface area contributed by atoms with E-state index in [9.17, 15) is 4.79 Å². The van der Waals surface area contributed by atoms with Crippen LogP contribution in [0.2, 0.25) is 0 Å². The summed E-state index contributed by atoms with van der Waals surface area (Å²) in [5.41, 5.74) is 7.44. The monoisotopic (exact) mass is 275 g/mol. The van der Waals surface area contributed by atoms with Crippen LogP contribution >= 0.6 is 11.3 Å². The predicted octanol–water partition coefficient (Wildman–Crippen LogP) is 2.95. The molecule has 19 heavy (non-hydrogen) atoms. The van der Waals surface area contributed by atoms with Crippen molar-refractivity contribution in [2.75, 3.05) is 17.2 Å². The highest BCUT2D eigenvalue weighted by Crippen LogP contribution is 2.33. The van der Waals surface area contributed by atoms with E-state index in [1.54, 1.807) is 13.1 Å². The minimum atomic E-state index is 0.0163. The lowest BCUT2D eigenvalue weighted by Gasteiger charge is -2.20. The topological polar surface area (TPSA) is 59.2 Å². The van der Waals surface area contributed by atoms with E-state index < -0.39 is 0 Å². The van der Waals surface area contributed by atoms with Crippen LogP contribution in [0.15, 0.2) is 30.5 Å². The molecule has 0 aromatic carbocycles. The minimum Gasteiger partial charge on any atom is -0.397 e. The highest BCUT2D eigenvalue weighted by atomic mass is 32.1. The molecule has 0 aliphatic carbocycles. The highest BCUT2D eigenvalue weighted by Gasteiger charge is 2.14. The highest BCUT2D eigenvalue weighted by molar-refractivity contribution is 7.18. The molecule has 100 valence electrons. The molecular weight excluding hydrogens is 258 g/mol. The molecule has 0 saturated carbocycles. The molecule has 2 heterocycles. The predicted molar refractivity (Wildman–Crippen MR) is 79.7 cm³/mol. The fourth-order valence-corrected chi connectivity index (χ4v) is 2.89. The van der Waals surface area contributed by atoms with Crippen molar-refractivity contribution in [3.05, 3.63) is 41.0 Å². The summed E-state index contributed by atoms with van der Waals surface area (Å²) in [7, 11) is 0. The van der Waals surface area contributed by atoms with Crippen molar-refractivity contribution in [3.63, 3.8) is 0 Å². The second-order valence-electron chi connectivity index (χ2n) is 4.26. The van der Waals surface area contributed by atoms with Crippen molar-refractivity contribution in [1.29, 1.82) is 0 Å². The summed E-state index contributed by atoms with van der Waals surface area (Å²) in [4.78, 5) is 18.6. The van der Waals surface area contributed by atoms with E-state index in [1.165, 1.54) is 11.3 Å². The number of nitrogens with two attached hydrogens (primary N) is 1. The number of hydrogen-bond acceptors (Lipinski definition) is 5. The third-order valence-electron chi connectivity index (χ3n) is 2.84. The van der Waals surface area contributed by atoms with Crippen molar-refractivity contribution in [3.8, 4) is 0 Å². The molecule has 0 aliphatic heterocycles. The van der Waals surface area contributed by atoms with Gasteiger partial charge in [0.15, 0.2) is 5.78 Å². The summed E-state index contributed by atoms with van der Waals surface area (Å²) in [5.74, 6) is 0.0163. The average Bonchev–Trinajstić information content (AvgIpc) is 2.79. The van der Waals surface area contributed by atoms with Crippen LogP contribution in [0.5, 0.6) is 0 Å². The van der Waals surface area contributed by atoms with Gasteiger partial charge in [-0.3, -0.25) is 9.78 Å². The molecule has 0 aliphatic rings. The molecule has 2 N–H and O–H groups in total. The van der Waals surface area contributed by atoms with Crippen molar-refractivity contribution in [2.24, 2.45) is 0 Å². The number of pyridine rings is 1. The second-order valence-corrected chi connectivity index (χ2v) is 5.29. The third-order valence-corrected chi connectivity index (χ3v) is 4.15. The number of rotatable bonds is 5. The maximum absolute atomic E-state index is 11.4. The van der Waals surface area contributed by atoms with Crippen LogP contribution in [-0.4, -0.2) is 17.3 Å². The van der Waals surface area contributed by atoms with E-state index in [1.807, 2.05) is 24.3 Å². The van der Waals surface area contributed by atoms with Gasteiger partial charge in [0.25, 0.3) is 0 Å². The number of hydrogen-bond donors (Lipinski definition) is 1. The number of aromatic nitrogens is 1. The van der Waals surface area contributed by atoms with Crippen LogP contribution in [0, 0.1) is 0 Å². The first-order valence-corrected chi connectivity index (χ1v) is 6.98. The van der Waals surface area contributed by atoms with E-state index in [0.717, 1.165) is 17.2 Å². The van der Waals surface area contributed by atoms with Gasteiger partial charge in [-0.05, 0) is 25.1 Å². The quantitative estimate of drug-likeness (QED) is 0.852. The Hall–Kier alpha value is -1.88. The molecular formula is C14H17N3OS. The van der Waals surface area contributed by atoms with Gasteiger partial charge in [0, 0.05) is 19.7 Å². The van der Waals surface area contributed by atoms with Crippen LogP contribution in [0.25, 0.3) is 0 Å². The number of carbonyl (C=O) groups is 1. The molecule has 0 amide bonds. The van der Waals surface area contributed by atoms with E-state index in [4.69, 9.17) is 5.73 Å². The Morgan fingerprint density at radius 2 is 2.26 bits per heavy atom. The lowest BCUT2D eigenvalue weighted by molar-refractivity contribution is 0.102. The van der Waals surface area contributed by atoms with Gasteiger partial charge in [0.1, 0.15) is 0 Å². The number of ketones is 1. The van der Waals surface area contributed by atoms with Crippen molar-refractivity contribution in [2.45, 2.75) is 20.4 Å². The molecule has 2 aromatic rings. The molecule has 0 radical (unpaired) electrons. The molecule has 4 nitrogen and oxygen atoms in total. The van der Waals surface area contributed by atoms with Crippen LogP contribution in [0.1, 0.15) is 29.2 Å². The minimum absolute atomic E-state index is 0.0163. The van der Waals surface area contributed by atoms with Gasteiger partial charge in [-0.15, -0.1) is 11.3 Å². The zero-order valence-corrected chi connectivity index (χ0v) is 11.9. The van der Waals surface area contributed by atoms with E-state index in [-0.39, 0.29) is 5.78 Å². The fraction of sp³-hybridized carbons (Fsp3) is 0.286. The van der Waals surface area contributed by atoms with Gasteiger partial charge in [0.2, 0.25) is 0 Å². The van der Waals surface area contributed by atoms with Crippen LogP contribution < -0.4 is 10.6 Å². The van der Waals surface area contributed by atoms with E-state index in [2.05, 4.69) is 16.8 Å². The number of nitrogens with zero attached hydrogens (tertiary/aromatic N) is 2. The first-order chi connectivity index (χ1) is 9.11. The molecule has 0 spiro atoms. The van der Waals surface area contributed by atoms with Gasteiger partial charge in [-0.2, -0.15) is 0 Å². The average molecular weight is 275 g/mol. The molecule has 2 rings (SSSR count). The smallest absolute Gasteiger partial charge is 0.171 e.